The van der Waals surface area contributed by atoms with Gasteiger partial charge in [0.05, 0.1) is 0 Å². The zero-order valence-electron chi connectivity index (χ0n) is 11.0. The van der Waals surface area contributed by atoms with Crippen LogP contribution in [0.4, 0.5) is 5.95 Å². The molecule has 1 aromatic heterocycles. The second kappa shape index (κ2) is 5.48. The van der Waals surface area contributed by atoms with Gasteiger partial charge in [-0.15, -0.1) is 0 Å². The number of carbonyl (C=O) groups is 1. The van der Waals surface area contributed by atoms with Crippen LogP contribution < -0.4 is 11.1 Å². The first kappa shape index (κ1) is 13.0. The van der Waals surface area contributed by atoms with Crippen LogP contribution in [0.2, 0.25) is 0 Å². The Labute approximate surface area is 111 Å². The van der Waals surface area contributed by atoms with Crippen LogP contribution >= 0.6 is 0 Å². The maximum absolute atomic E-state index is 11.0. The van der Waals surface area contributed by atoms with Crippen molar-refractivity contribution in [2.24, 2.45) is 5.73 Å². The SMILES string of the molecule is Cc1cc(C)nc(NCc2ccc(C(N)=O)cc2)n1. The third-order valence-electron chi connectivity index (χ3n) is 2.67. The summed E-state index contributed by atoms with van der Waals surface area (Å²) in [6, 6.07) is 9.06. The Morgan fingerprint density at radius 1 is 1.16 bits per heavy atom. The van der Waals surface area contributed by atoms with Crippen molar-refractivity contribution in [2.45, 2.75) is 20.4 Å². The fourth-order valence-corrected chi connectivity index (χ4v) is 1.77. The second-order valence-corrected chi connectivity index (χ2v) is 4.39. The molecule has 2 aromatic rings. The summed E-state index contributed by atoms with van der Waals surface area (Å²) >= 11 is 0. The minimum absolute atomic E-state index is 0.419. The van der Waals surface area contributed by atoms with Crippen LogP contribution in [0, 0.1) is 13.8 Å². The van der Waals surface area contributed by atoms with Crippen LogP contribution in [-0.2, 0) is 6.54 Å². The monoisotopic (exact) mass is 256 g/mol. The van der Waals surface area contributed by atoms with Gasteiger partial charge in [0, 0.05) is 23.5 Å². The first-order chi connectivity index (χ1) is 9.04. The molecular weight excluding hydrogens is 240 g/mol. The van der Waals surface area contributed by atoms with E-state index in [1.165, 1.54) is 0 Å². The molecule has 98 valence electrons. The highest BCUT2D eigenvalue weighted by atomic mass is 16.1. The largest absolute Gasteiger partial charge is 0.366 e. The lowest BCUT2D eigenvalue weighted by Gasteiger charge is -2.07. The van der Waals surface area contributed by atoms with E-state index < -0.39 is 5.91 Å². The number of aryl methyl sites for hydroxylation is 2. The summed E-state index contributed by atoms with van der Waals surface area (Å²) in [4.78, 5) is 19.6. The molecule has 1 amide bonds. The van der Waals surface area contributed by atoms with Gasteiger partial charge in [0.15, 0.2) is 0 Å². The van der Waals surface area contributed by atoms with Crippen LogP contribution in [0.3, 0.4) is 0 Å². The lowest BCUT2D eigenvalue weighted by atomic mass is 10.1. The summed E-state index contributed by atoms with van der Waals surface area (Å²) in [6.45, 7) is 4.46. The second-order valence-electron chi connectivity index (χ2n) is 4.39. The van der Waals surface area contributed by atoms with Gasteiger partial charge >= 0.3 is 0 Å². The zero-order valence-corrected chi connectivity index (χ0v) is 11.0. The van der Waals surface area contributed by atoms with E-state index in [0.29, 0.717) is 18.1 Å². The van der Waals surface area contributed by atoms with E-state index in [1.807, 2.05) is 32.0 Å². The summed E-state index contributed by atoms with van der Waals surface area (Å²) in [5.74, 6) is 0.189. The molecule has 0 aliphatic rings. The molecule has 5 heteroatoms. The normalized spacial score (nSPS) is 10.2. The van der Waals surface area contributed by atoms with Gasteiger partial charge in [0.2, 0.25) is 11.9 Å². The van der Waals surface area contributed by atoms with Crippen molar-refractivity contribution in [3.8, 4) is 0 Å². The maximum Gasteiger partial charge on any atom is 0.248 e. The number of nitrogens with one attached hydrogen (secondary N) is 1. The number of nitrogens with two attached hydrogens (primary N) is 1. The number of hydrogen-bond acceptors (Lipinski definition) is 4. The van der Waals surface area contributed by atoms with Crippen molar-refractivity contribution in [1.82, 2.24) is 9.97 Å². The van der Waals surface area contributed by atoms with E-state index in [-0.39, 0.29) is 0 Å². The maximum atomic E-state index is 11.0. The fourth-order valence-electron chi connectivity index (χ4n) is 1.77. The fraction of sp³-hybridized carbons (Fsp3) is 0.214. The molecule has 0 saturated carbocycles. The van der Waals surface area contributed by atoms with E-state index in [2.05, 4.69) is 15.3 Å². The molecule has 2 rings (SSSR count). The van der Waals surface area contributed by atoms with Crippen LogP contribution in [-0.4, -0.2) is 15.9 Å². The molecule has 0 atom stereocenters. The molecule has 0 saturated heterocycles. The lowest BCUT2D eigenvalue weighted by Crippen LogP contribution is -2.11. The Bertz CT molecular complexity index is 573. The number of primary amides is 1. The lowest BCUT2D eigenvalue weighted by molar-refractivity contribution is 0.100. The van der Waals surface area contributed by atoms with Gasteiger partial charge in [-0.1, -0.05) is 12.1 Å². The summed E-state index contributed by atoms with van der Waals surface area (Å²) in [7, 11) is 0. The van der Waals surface area contributed by atoms with E-state index in [0.717, 1.165) is 17.0 Å². The number of hydrogen-bond donors (Lipinski definition) is 2. The van der Waals surface area contributed by atoms with Gasteiger partial charge in [-0.05, 0) is 37.6 Å². The van der Waals surface area contributed by atoms with E-state index in [9.17, 15) is 4.79 Å². The summed E-state index contributed by atoms with van der Waals surface area (Å²) in [5, 5.41) is 3.15. The van der Waals surface area contributed by atoms with Gasteiger partial charge < -0.3 is 11.1 Å². The minimum Gasteiger partial charge on any atom is -0.366 e. The Morgan fingerprint density at radius 2 is 1.74 bits per heavy atom. The molecule has 0 unspecified atom stereocenters. The predicted octanol–water partition coefficient (Wildman–Crippen LogP) is 1.80. The molecule has 19 heavy (non-hydrogen) atoms. The van der Waals surface area contributed by atoms with Gasteiger partial charge in [0.25, 0.3) is 0 Å². The van der Waals surface area contributed by atoms with Crippen molar-refractivity contribution in [3.63, 3.8) is 0 Å². The quantitative estimate of drug-likeness (QED) is 0.874. The van der Waals surface area contributed by atoms with Crippen molar-refractivity contribution in [1.29, 1.82) is 0 Å². The third-order valence-corrected chi connectivity index (χ3v) is 2.67. The summed E-state index contributed by atoms with van der Waals surface area (Å²) < 4.78 is 0. The van der Waals surface area contributed by atoms with E-state index in [4.69, 9.17) is 5.73 Å². The molecule has 5 nitrogen and oxygen atoms in total. The topological polar surface area (TPSA) is 80.9 Å². The molecule has 0 spiro atoms. The number of amides is 1. The predicted molar refractivity (Wildman–Crippen MR) is 73.8 cm³/mol. The number of benzene rings is 1. The Morgan fingerprint density at radius 3 is 2.26 bits per heavy atom. The zero-order chi connectivity index (χ0) is 13.8. The molecule has 3 N–H and O–H groups in total. The average molecular weight is 256 g/mol. The smallest absolute Gasteiger partial charge is 0.248 e. The molecule has 0 aliphatic heterocycles. The Balaban J connectivity index is 2.03. The van der Waals surface area contributed by atoms with Gasteiger partial charge in [-0.25, -0.2) is 9.97 Å². The van der Waals surface area contributed by atoms with Crippen LogP contribution in [0.1, 0.15) is 27.3 Å². The van der Waals surface area contributed by atoms with Crippen molar-refractivity contribution in [2.75, 3.05) is 5.32 Å². The Hall–Kier alpha value is -2.43. The van der Waals surface area contributed by atoms with E-state index in [1.54, 1.807) is 12.1 Å². The van der Waals surface area contributed by atoms with Crippen molar-refractivity contribution in [3.05, 3.63) is 52.8 Å². The molecule has 0 fully saturated rings. The standard InChI is InChI=1S/C14H16N4O/c1-9-7-10(2)18-14(17-9)16-8-11-3-5-12(6-4-11)13(15)19/h3-7H,8H2,1-2H3,(H2,15,19)(H,16,17,18). The summed E-state index contributed by atoms with van der Waals surface area (Å²) in [6.07, 6.45) is 0. The highest BCUT2D eigenvalue weighted by Gasteiger charge is 2.01. The number of anilines is 1. The number of nitrogens with zero attached hydrogens (tertiary/aromatic N) is 2. The molecule has 1 heterocycles. The van der Waals surface area contributed by atoms with Crippen molar-refractivity contribution < 1.29 is 4.79 Å². The van der Waals surface area contributed by atoms with Crippen molar-refractivity contribution >= 4 is 11.9 Å². The molecule has 0 bridgehead atoms. The van der Waals surface area contributed by atoms with E-state index >= 15 is 0 Å². The number of rotatable bonds is 4. The summed E-state index contributed by atoms with van der Waals surface area (Å²) in [5.41, 5.74) is 8.59. The highest BCUT2D eigenvalue weighted by Crippen LogP contribution is 2.08. The molecular formula is C14H16N4O. The molecule has 0 radical (unpaired) electrons. The first-order valence-electron chi connectivity index (χ1n) is 5.99. The van der Waals surface area contributed by atoms with Gasteiger partial charge in [-0.2, -0.15) is 0 Å². The minimum atomic E-state index is -0.419. The number of carbonyl (C=O) groups excluding carboxylic acids is 1. The van der Waals surface area contributed by atoms with Crippen LogP contribution in [0.5, 0.6) is 0 Å². The van der Waals surface area contributed by atoms with Crippen LogP contribution in [0.15, 0.2) is 30.3 Å². The highest BCUT2D eigenvalue weighted by molar-refractivity contribution is 5.92. The average Bonchev–Trinajstić information content (AvgIpc) is 2.36. The first-order valence-corrected chi connectivity index (χ1v) is 5.99. The molecule has 0 aliphatic carbocycles. The Kier molecular flexibility index (Phi) is 3.75. The van der Waals surface area contributed by atoms with Crippen LogP contribution in [0.25, 0.3) is 0 Å². The van der Waals surface area contributed by atoms with Gasteiger partial charge in [0.1, 0.15) is 0 Å². The third kappa shape index (κ3) is 3.51. The van der Waals surface area contributed by atoms with Gasteiger partial charge in [-0.3, -0.25) is 4.79 Å². The number of aromatic nitrogens is 2. The molecule has 1 aromatic carbocycles.